The molecule has 0 atom stereocenters. The van der Waals surface area contributed by atoms with Crippen LogP contribution >= 0.6 is 0 Å². The summed E-state index contributed by atoms with van der Waals surface area (Å²) in [4.78, 5) is 0. The monoisotopic (exact) mass is 308 g/mol. The molecule has 4 aromatic rings. The van der Waals surface area contributed by atoms with Crippen LogP contribution in [0.2, 0.25) is 0 Å². The Morgan fingerprint density at radius 1 is 0.792 bits per heavy atom. The number of fused-ring (bicyclic) bond motifs is 1. The van der Waals surface area contributed by atoms with E-state index < -0.39 is 0 Å². The average molecular weight is 308 g/mol. The van der Waals surface area contributed by atoms with Gasteiger partial charge in [0.1, 0.15) is 0 Å². The number of para-hydroxylation sites is 1. The number of hydrogen-bond acceptors (Lipinski definition) is 1. The fourth-order valence-electron chi connectivity index (χ4n) is 3.11. The van der Waals surface area contributed by atoms with Crippen molar-refractivity contribution in [1.29, 1.82) is 5.26 Å². The second kappa shape index (κ2) is 6.06. The molecule has 4 rings (SSSR count). The van der Waals surface area contributed by atoms with Crippen LogP contribution in [0.25, 0.3) is 22.0 Å². The van der Waals surface area contributed by atoms with E-state index in [1.54, 1.807) is 0 Å². The smallest absolute Gasteiger partial charge is 0.0991 e. The first-order valence-corrected chi connectivity index (χ1v) is 7.97. The molecule has 2 heteroatoms. The van der Waals surface area contributed by atoms with E-state index >= 15 is 0 Å². The van der Waals surface area contributed by atoms with Crippen molar-refractivity contribution < 1.29 is 0 Å². The van der Waals surface area contributed by atoms with E-state index in [2.05, 4.69) is 65.4 Å². The van der Waals surface area contributed by atoms with Crippen LogP contribution in [0.1, 0.15) is 11.1 Å². The Labute approximate surface area is 141 Å². The average Bonchev–Trinajstić information content (AvgIpc) is 3.01. The van der Waals surface area contributed by atoms with E-state index in [-0.39, 0.29) is 0 Å². The molecule has 0 N–H and O–H groups in total. The molecule has 0 unspecified atom stereocenters. The maximum absolute atomic E-state index is 8.98. The van der Waals surface area contributed by atoms with Crippen LogP contribution in [0, 0.1) is 11.3 Å². The molecule has 114 valence electrons. The maximum atomic E-state index is 8.98. The van der Waals surface area contributed by atoms with Crippen LogP contribution in [-0.4, -0.2) is 4.57 Å². The highest BCUT2D eigenvalue weighted by Gasteiger charge is 2.10. The quantitative estimate of drug-likeness (QED) is 0.509. The number of rotatable bonds is 3. The summed E-state index contributed by atoms with van der Waals surface area (Å²) in [5.74, 6) is 0. The number of hydrogen-bond donors (Lipinski definition) is 0. The standard InChI is InChI=1S/C22H16N2/c23-14-17-10-12-19(13-11-17)21-16-24(15-18-6-2-1-3-7-18)22-9-5-4-8-20(21)22/h1-13,16H,15H2. The summed E-state index contributed by atoms with van der Waals surface area (Å²) in [6, 6.07) is 28.9. The Morgan fingerprint density at radius 2 is 1.50 bits per heavy atom. The van der Waals surface area contributed by atoms with Gasteiger partial charge in [-0.25, -0.2) is 0 Å². The normalized spacial score (nSPS) is 10.6. The number of nitriles is 1. The summed E-state index contributed by atoms with van der Waals surface area (Å²) in [6.45, 7) is 0.845. The highest BCUT2D eigenvalue weighted by Crippen LogP contribution is 2.31. The van der Waals surface area contributed by atoms with Gasteiger partial charge in [0.05, 0.1) is 11.6 Å². The molecule has 0 radical (unpaired) electrons. The second-order valence-corrected chi connectivity index (χ2v) is 5.86. The molecule has 1 heterocycles. The Kier molecular flexibility index (Phi) is 3.61. The molecule has 0 spiro atoms. The molecular weight excluding hydrogens is 292 g/mol. The van der Waals surface area contributed by atoms with Crippen LogP contribution in [0.3, 0.4) is 0 Å². The minimum Gasteiger partial charge on any atom is -0.342 e. The first-order valence-electron chi connectivity index (χ1n) is 7.97. The second-order valence-electron chi connectivity index (χ2n) is 5.86. The van der Waals surface area contributed by atoms with Crippen LogP contribution in [-0.2, 0) is 6.54 Å². The number of benzene rings is 3. The third-order valence-electron chi connectivity index (χ3n) is 4.31. The summed E-state index contributed by atoms with van der Waals surface area (Å²) >= 11 is 0. The van der Waals surface area contributed by atoms with Crippen LogP contribution in [0.15, 0.2) is 85.1 Å². The van der Waals surface area contributed by atoms with Gasteiger partial charge in [-0.2, -0.15) is 5.26 Å². The van der Waals surface area contributed by atoms with Gasteiger partial charge in [0.2, 0.25) is 0 Å². The molecular formula is C22H16N2. The molecule has 0 amide bonds. The van der Waals surface area contributed by atoms with E-state index in [4.69, 9.17) is 5.26 Å². The highest BCUT2D eigenvalue weighted by molar-refractivity contribution is 5.96. The minimum atomic E-state index is 0.687. The predicted molar refractivity (Wildman–Crippen MR) is 97.6 cm³/mol. The summed E-state index contributed by atoms with van der Waals surface area (Å²) in [5, 5.41) is 10.2. The SMILES string of the molecule is N#Cc1ccc(-c2cn(Cc3ccccc3)c3ccccc23)cc1. The molecule has 1 aromatic heterocycles. The van der Waals surface area contributed by atoms with E-state index in [1.807, 2.05) is 30.3 Å². The van der Waals surface area contributed by atoms with Crippen LogP contribution in [0.4, 0.5) is 0 Å². The summed E-state index contributed by atoms with van der Waals surface area (Å²) in [7, 11) is 0. The Hall–Kier alpha value is -3.31. The van der Waals surface area contributed by atoms with Crippen molar-refractivity contribution >= 4 is 10.9 Å². The minimum absolute atomic E-state index is 0.687. The summed E-state index contributed by atoms with van der Waals surface area (Å²) in [5.41, 5.74) is 5.53. The molecule has 0 fully saturated rings. The van der Waals surface area contributed by atoms with Crippen molar-refractivity contribution in [3.63, 3.8) is 0 Å². The van der Waals surface area contributed by atoms with Gasteiger partial charge in [0.25, 0.3) is 0 Å². The maximum Gasteiger partial charge on any atom is 0.0991 e. The number of aromatic nitrogens is 1. The van der Waals surface area contributed by atoms with Crippen molar-refractivity contribution in [2.24, 2.45) is 0 Å². The molecule has 0 aliphatic carbocycles. The summed E-state index contributed by atoms with van der Waals surface area (Å²) in [6.07, 6.45) is 2.21. The Balaban J connectivity index is 1.83. The molecule has 2 nitrogen and oxygen atoms in total. The lowest BCUT2D eigenvalue weighted by atomic mass is 10.0. The first kappa shape index (κ1) is 14.3. The zero-order valence-corrected chi connectivity index (χ0v) is 13.2. The van der Waals surface area contributed by atoms with E-state index in [1.165, 1.54) is 22.0 Å². The van der Waals surface area contributed by atoms with Gasteiger partial charge in [0, 0.05) is 29.2 Å². The van der Waals surface area contributed by atoms with Gasteiger partial charge in [-0.3, -0.25) is 0 Å². The third-order valence-corrected chi connectivity index (χ3v) is 4.31. The van der Waals surface area contributed by atoms with Gasteiger partial charge >= 0.3 is 0 Å². The molecule has 3 aromatic carbocycles. The predicted octanol–water partition coefficient (Wildman–Crippen LogP) is 5.23. The lowest BCUT2D eigenvalue weighted by Gasteiger charge is -2.05. The van der Waals surface area contributed by atoms with Gasteiger partial charge < -0.3 is 4.57 Å². The Bertz CT molecular complexity index is 1020. The fraction of sp³-hybridized carbons (Fsp3) is 0.0455. The van der Waals surface area contributed by atoms with Gasteiger partial charge in [-0.1, -0.05) is 60.7 Å². The molecule has 0 bridgehead atoms. The van der Waals surface area contributed by atoms with Crippen molar-refractivity contribution in [1.82, 2.24) is 4.57 Å². The van der Waals surface area contributed by atoms with Crippen LogP contribution < -0.4 is 0 Å². The molecule has 24 heavy (non-hydrogen) atoms. The van der Waals surface area contributed by atoms with Crippen molar-refractivity contribution in [2.45, 2.75) is 6.54 Å². The first-order chi connectivity index (χ1) is 11.8. The van der Waals surface area contributed by atoms with E-state index in [0.717, 1.165) is 12.1 Å². The lowest BCUT2D eigenvalue weighted by Crippen LogP contribution is -1.97. The molecule has 0 saturated heterocycles. The fourth-order valence-corrected chi connectivity index (χ4v) is 3.11. The number of nitrogens with zero attached hydrogens (tertiary/aromatic N) is 2. The highest BCUT2D eigenvalue weighted by atomic mass is 15.0. The largest absolute Gasteiger partial charge is 0.342 e. The van der Waals surface area contributed by atoms with Crippen molar-refractivity contribution in [3.8, 4) is 17.2 Å². The zero-order valence-electron chi connectivity index (χ0n) is 13.2. The topological polar surface area (TPSA) is 28.7 Å². The lowest BCUT2D eigenvalue weighted by molar-refractivity contribution is 0.837. The molecule has 0 aliphatic heterocycles. The van der Waals surface area contributed by atoms with Gasteiger partial charge in [-0.15, -0.1) is 0 Å². The molecule has 0 aliphatic rings. The van der Waals surface area contributed by atoms with Crippen molar-refractivity contribution in [3.05, 3.63) is 96.2 Å². The summed E-state index contributed by atoms with van der Waals surface area (Å²) < 4.78 is 2.29. The Morgan fingerprint density at radius 3 is 2.25 bits per heavy atom. The van der Waals surface area contributed by atoms with Crippen molar-refractivity contribution in [2.75, 3.05) is 0 Å². The van der Waals surface area contributed by atoms with Gasteiger partial charge in [-0.05, 0) is 29.3 Å². The van der Waals surface area contributed by atoms with Crippen LogP contribution in [0.5, 0.6) is 0 Å². The zero-order chi connectivity index (χ0) is 16.4. The van der Waals surface area contributed by atoms with E-state index in [9.17, 15) is 0 Å². The van der Waals surface area contributed by atoms with E-state index in [0.29, 0.717) is 5.56 Å². The molecule has 0 saturated carbocycles. The third kappa shape index (κ3) is 2.57. The van der Waals surface area contributed by atoms with Gasteiger partial charge in [0.15, 0.2) is 0 Å².